The number of hydrogen-bond acceptors (Lipinski definition) is 11. The molecular weight excluding hydrogens is 456 g/mol. The quantitative estimate of drug-likeness (QED) is 0.296. The molecule has 12 heteroatoms. The van der Waals surface area contributed by atoms with E-state index in [0.717, 1.165) is 5.56 Å². The Hall–Kier alpha value is -3.32. The minimum Gasteiger partial charge on any atom is -0.456 e. The number of hydrogen-bond donors (Lipinski definition) is 5. The van der Waals surface area contributed by atoms with E-state index in [9.17, 15) is 20.1 Å². The van der Waals surface area contributed by atoms with E-state index in [1.54, 1.807) is 12.1 Å². The zero-order chi connectivity index (χ0) is 25.3. The summed E-state index contributed by atoms with van der Waals surface area (Å²) in [6.07, 6.45) is -2.42. The normalized spacial score (nSPS) is 22.5. The highest BCUT2D eigenvalue weighted by Gasteiger charge is 2.44. The van der Waals surface area contributed by atoms with E-state index < -0.39 is 36.7 Å². The average Bonchev–Trinajstić information content (AvgIpc) is 3.34. The number of fused-ring (bicyclic) bond motifs is 1. The lowest BCUT2D eigenvalue weighted by molar-refractivity contribution is -0.0511. The summed E-state index contributed by atoms with van der Waals surface area (Å²) in [5, 5.41) is 32.9. The third-order valence-electron chi connectivity index (χ3n) is 5.53. The molecular formula is C23H30N6O6. The van der Waals surface area contributed by atoms with E-state index in [4.69, 9.17) is 15.2 Å². The molecule has 0 saturated carbocycles. The highest BCUT2D eigenvalue weighted by atomic mass is 16.6. The minimum atomic E-state index is -1.28. The Morgan fingerprint density at radius 3 is 2.54 bits per heavy atom. The fourth-order valence-electron chi connectivity index (χ4n) is 3.78. The standard InChI is InChI=1S/C23H30N6O6/c1-23(2,3)35-21(33)13-6-4-12(5-7-13)8-9-25-22-27-18(24)15-19(28-22)29(11-26-15)20-17(32)16(31)14(10-30)34-20/h4-7,11,14,16-17,20,30-32H,8-10H2,1-3H3,(H3,24,25,27,28)/t14-,16?,17?,20-/m1/s1. The number of aromatic nitrogens is 4. The minimum absolute atomic E-state index is 0.143. The Morgan fingerprint density at radius 2 is 1.91 bits per heavy atom. The van der Waals surface area contributed by atoms with Crippen LogP contribution < -0.4 is 11.1 Å². The molecule has 0 radical (unpaired) electrons. The van der Waals surface area contributed by atoms with Gasteiger partial charge in [-0.05, 0) is 44.9 Å². The van der Waals surface area contributed by atoms with Crippen LogP contribution in [0, 0.1) is 0 Å². The summed E-state index contributed by atoms with van der Waals surface area (Å²) >= 11 is 0. The lowest BCUT2D eigenvalue weighted by Gasteiger charge is -2.19. The smallest absolute Gasteiger partial charge is 0.338 e. The maximum absolute atomic E-state index is 12.2. The first kappa shape index (κ1) is 24.8. The van der Waals surface area contributed by atoms with Gasteiger partial charge in [0.2, 0.25) is 5.95 Å². The number of nitrogens with zero attached hydrogens (tertiary/aromatic N) is 4. The van der Waals surface area contributed by atoms with Crippen LogP contribution in [-0.4, -0.2) is 77.9 Å². The highest BCUT2D eigenvalue weighted by molar-refractivity contribution is 5.89. The fraction of sp³-hybridized carbons (Fsp3) is 0.478. The molecule has 0 aliphatic carbocycles. The van der Waals surface area contributed by atoms with Gasteiger partial charge in [0.1, 0.15) is 29.4 Å². The van der Waals surface area contributed by atoms with Gasteiger partial charge >= 0.3 is 5.97 Å². The molecule has 4 atom stereocenters. The molecule has 1 fully saturated rings. The third kappa shape index (κ3) is 5.35. The molecule has 1 aromatic carbocycles. The lowest BCUT2D eigenvalue weighted by atomic mass is 10.1. The Kier molecular flexibility index (Phi) is 6.90. The summed E-state index contributed by atoms with van der Waals surface area (Å²) in [5.41, 5.74) is 7.62. The van der Waals surface area contributed by atoms with Crippen molar-refractivity contribution < 1.29 is 29.6 Å². The van der Waals surface area contributed by atoms with Gasteiger partial charge in [0.15, 0.2) is 17.7 Å². The summed E-state index contributed by atoms with van der Waals surface area (Å²) in [6.45, 7) is 5.51. The number of benzene rings is 1. The van der Waals surface area contributed by atoms with Gasteiger partial charge in [0.05, 0.1) is 18.5 Å². The van der Waals surface area contributed by atoms with Gasteiger partial charge in [0.25, 0.3) is 0 Å². The average molecular weight is 487 g/mol. The Balaban J connectivity index is 1.43. The van der Waals surface area contributed by atoms with Crippen molar-refractivity contribution >= 4 is 28.9 Å². The molecule has 1 saturated heterocycles. The molecule has 1 aliphatic rings. The number of aliphatic hydroxyl groups excluding tert-OH is 3. The monoisotopic (exact) mass is 486 g/mol. The summed E-state index contributed by atoms with van der Waals surface area (Å²) < 4.78 is 12.4. The first-order chi connectivity index (χ1) is 16.6. The van der Waals surface area contributed by atoms with Crippen LogP contribution in [0.2, 0.25) is 0 Å². The molecule has 0 bridgehead atoms. The third-order valence-corrected chi connectivity index (χ3v) is 5.53. The fourth-order valence-corrected chi connectivity index (χ4v) is 3.78. The first-order valence-electron chi connectivity index (χ1n) is 11.3. The van der Waals surface area contributed by atoms with Crippen molar-refractivity contribution in [2.75, 3.05) is 24.2 Å². The largest absolute Gasteiger partial charge is 0.456 e. The molecule has 12 nitrogen and oxygen atoms in total. The number of rotatable bonds is 7. The molecule has 188 valence electrons. The first-order valence-corrected chi connectivity index (χ1v) is 11.3. The number of carbonyl (C=O) groups excluding carboxylic acids is 1. The Bertz CT molecular complexity index is 1190. The predicted octanol–water partition coefficient (Wildman–Crippen LogP) is 0.630. The van der Waals surface area contributed by atoms with Gasteiger partial charge in [-0.3, -0.25) is 4.57 Å². The van der Waals surface area contributed by atoms with Gasteiger partial charge in [-0.1, -0.05) is 12.1 Å². The van der Waals surface area contributed by atoms with Gasteiger partial charge in [0, 0.05) is 6.54 Å². The van der Waals surface area contributed by atoms with E-state index in [2.05, 4.69) is 20.3 Å². The molecule has 3 heterocycles. The number of ether oxygens (including phenoxy) is 2. The van der Waals surface area contributed by atoms with E-state index in [1.807, 2.05) is 32.9 Å². The number of imidazole rings is 1. The van der Waals surface area contributed by atoms with Crippen LogP contribution in [-0.2, 0) is 15.9 Å². The van der Waals surface area contributed by atoms with Crippen LogP contribution in [0.3, 0.4) is 0 Å². The van der Waals surface area contributed by atoms with Crippen LogP contribution in [0.15, 0.2) is 30.6 Å². The number of nitrogens with two attached hydrogens (primary N) is 1. The molecule has 0 amide bonds. The van der Waals surface area contributed by atoms with Gasteiger partial charge < -0.3 is 35.8 Å². The van der Waals surface area contributed by atoms with Crippen LogP contribution in [0.25, 0.3) is 11.2 Å². The zero-order valence-corrected chi connectivity index (χ0v) is 19.8. The summed E-state index contributed by atoms with van der Waals surface area (Å²) in [4.78, 5) is 25.1. The van der Waals surface area contributed by atoms with E-state index >= 15 is 0 Å². The molecule has 2 unspecified atom stereocenters. The van der Waals surface area contributed by atoms with E-state index in [1.165, 1.54) is 10.9 Å². The number of nitrogen functional groups attached to an aromatic ring is 1. The number of aliphatic hydroxyl groups is 3. The van der Waals surface area contributed by atoms with Crippen molar-refractivity contribution in [2.24, 2.45) is 0 Å². The Labute approximate surface area is 201 Å². The summed E-state index contributed by atoms with van der Waals surface area (Å²) in [6, 6.07) is 7.17. The second-order valence-corrected chi connectivity index (χ2v) is 9.36. The van der Waals surface area contributed by atoms with E-state index in [0.29, 0.717) is 29.7 Å². The maximum Gasteiger partial charge on any atom is 0.338 e. The van der Waals surface area contributed by atoms with Crippen molar-refractivity contribution in [2.45, 2.75) is 57.3 Å². The molecule has 0 spiro atoms. The maximum atomic E-state index is 12.2. The summed E-state index contributed by atoms with van der Waals surface area (Å²) in [7, 11) is 0. The topological polar surface area (TPSA) is 178 Å². The van der Waals surface area contributed by atoms with Crippen LogP contribution in [0.4, 0.5) is 11.8 Å². The molecule has 3 aromatic rings. The van der Waals surface area contributed by atoms with Crippen molar-refractivity contribution in [1.29, 1.82) is 0 Å². The number of nitrogens with one attached hydrogen (secondary N) is 1. The molecule has 1 aliphatic heterocycles. The van der Waals surface area contributed by atoms with Gasteiger partial charge in [-0.15, -0.1) is 0 Å². The van der Waals surface area contributed by atoms with E-state index in [-0.39, 0.29) is 17.7 Å². The van der Waals surface area contributed by atoms with Gasteiger partial charge in [-0.25, -0.2) is 9.78 Å². The van der Waals surface area contributed by atoms with Gasteiger partial charge in [-0.2, -0.15) is 9.97 Å². The van der Waals surface area contributed by atoms with Crippen molar-refractivity contribution in [1.82, 2.24) is 19.5 Å². The van der Waals surface area contributed by atoms with Crippen molar-refractivity contribution in [3.05, 3.63) is 41.7 Å². The second-order valence-electron chi connectivity index (χ2n) is 9.36. The van der Waals surface area contributed by atoms with Crippen LogP contribution >= 0.6 is 0 Å². The number of carbonyl (C=O) groups is 1. The molecule has 2 aromatic heterocycles. The highest BCUT2D eigenvalue weighted by Crippen LogP contribution is 2.32. The van der Waals surface area contributed by atoms with Crippen LogP contribution in [0.1, 0.15) is 42.9 Å². The molecule has 35 heavy (non-hydrogen) atoms. The van der Waals surface area contributed by atoms with Crippen molar-refractivity contribution in [3.8, 4) is 0 Å². The molecule has 4 rings (SSSR count). The predicted molar refractivity (Wildman–Crippen MR) is 127 cm³/mol. The number of anilines is 2. The zero-order valence-electron chi connectivity index (χ0n) is 19.8. The SMILES string of the molecule is CC(C)(C)OC(=O)c1ccc(CCNc2nc(N)c3ncn([C@@H]4O[C@H](CO)C(O)C4O)c3n2)cc1. The number of esters is 1. The summed E-state index contributed by atoms with van der Waals surface area (Å²) in [5.74, 6) is 0.0312. The second kappa shape index (κ2) is 9.74. The van der Waals surface area contributed by atoms with Crippen molar-refractivity contribution in [3.63, 3.8) is 0 Å². The lowest BCUT2D eigenvalue weighted by Crippen LogP contribution is -2.33. The van der Waals surface area contributed by atoms with Crippen LogP contribution in [0.5, 0.6) is 0 Å². The Morgan fingerprint density at radius 1 is 1.20 bits per heavy atom. The molecule has 6 N–H and O–H groups in total.